The van der Waals surface area contributed by atoms with Gasteiger partial charge in [0.25, 0.3) is 0 Å². The van der Waals surface area contributed by atoms with E-state index < -0.39 is 0 Å². The summed E-state index contributed by atoms with van der Waals surface area (Å²) < 4.78 is 0. The van der Waals surface area contributed by atoms with E-state index in [9.17, 15) is 4.79 Å². The lowest BCUT2D eigenvalue weighted by atomic mass is 9.92. The number of hydrogen-bond donors (Lipinski definition) is 1. The van der Waals surface area contributed by atoms with Gasteiger partial charge in [0, 0.05) is 31.9 Å². The third-order valence-electron chi connectivity index (χ3n) is 4.87. The number of rotatable bonds is 2. The van der Waals surface area contributed by atoms with Crippen molar-refractivity contribution in [2.45, 2.75) is 25.3 Å². The van der Waals surface area contributed by atoms with Crippen LogP contribution < -0.4 is 5.32 Å². The molecule has 2 aliphatic heterocycles. The first-order valence-electron chi connectivity index (χ1n) is 7.92. The van der Waals surface area contributed by atoms with Crippen LogP contribution in [0.4, 0.5) is 5.69 Å². The van der Waals surface area contributed by atoms with Gasteiger partial charge in [0.2, 0.25) is 5.91 Å². The molecule has 2 aliphatic rings. The monoisotopic (exact) mass is 287 g/mol. The number of hydrogen-bond acceptors (Lipinski definition) is 3. The molecule has 114 valence electrons. The number of para-hydroxylation sites is 1. The maximum atomic E-state index is 12.8. The summed E-state index contributed by atoms with van der Waals surface area (Å²) in [6, 6.07) is 8.67. The predicted octanol–water partition coefficient (Wildman–Crippen LogP) is 1.82. The molecule has 0 saturated carbocycles. The maximum absolute atomic E-state index is 12.8. The van der Waals surface area contributed by atoms with E-state index >= 15 is 0 Å². The van der Waals surface area contributed by atoms with Crippen molar-refractivity contribution in [1.82, 2.24) is 9.80 Å². The number of piperidine rings is 1. The Kier molecular flexibility index (Phi) is 4.15. The highest BCUT2D eigenvalue weighted by Gasteiger charge is 2.31. The molecule has 1 saturated heterocycles. The summed E-state index contributed by atoms with van der Waals surface area (Å²) in [5, 5.41) is 3.40. The van der Waals surface area contributed by atoms with Gasteiger partial charge >= 0.3 is 0 Å². The molecule has 21 heavy (non-hydrogen) atoms. The molecule has 0 aliphatic carbocycles. The normalized spacial score (nSPS) is 25.8. The van der Waals surface area contributed by atoms with Crippen molar-refractivity contribution in [3.8, 4) is 0 Å². The first-order chi connectivity index (χ1) is 10.1. The van der Waals surface area contributed by atoms with Gasteiger partial charge in [-0.05, 0) is 44.5 Å². The van der Waals surface area contributed by atoms with Crippen molar-refractivity contribution in [2.24, 2.45) is 5.92 Å². The summed E-state index contributed by atoms with van der Waals surface area (Å²) in [7, 11) is 4.12. The standard InChI is InChI=1S/C17H25N3O/c1-19-9-5-7-15(12-19)20(2)17(21)14-10-13-6-3-4-8-16(13)18-11-14/h3-4,6,8,14-15,18H,5,7,9-12H2,1-2H3. The summed E-state index contributed by atoms with van der Waals surface area (Å²) >= 11 is 0. The fraction of sp³-hybridized carbons (Fsp3) is 0.588. The number of carbonyl (C=O) groups is 1. The zero-order chi connectivity index (χ0) is 14.8. The first kappa shape index (κ1) is 14.4. The fourth-order valence-corrected chi connectivity index (χ4v) is 3.54. The van der Waals surface area contributed by atoms with Gasteiger partial charge in [0.05, 0.1) is 5.92 Å². The summed E-state index contributed by atoms with van der Waals surface area (Å²) in [4.78, 5) is 17.1. The lowest BCUT2D eigenvalue weighted by molar-refractivity contribution is -0.136. The predicted molar refractivity (Wildman–Crippen MR) is 85.4 cm³/mol. The number of anilines is 1. The van der Waals surface area contributed by atoms with Gasteiger partial charge in [0.15, 0.2) is 0 Å². The molecule has 2 unspecified atom stereocenters. The van der Waals surface area contributed by atoms with Crippen molar-refractivity contribution in [3.63, 3.8) is 0 Å². The molecule has 1 N–H and O–H groups in total. The number of likely N-dealkylation sites (N-methyl/N-ethyl adjacent to an activating group) is 2. The Labute approximate surface area is 127 Å². The Morgan fingerprint density at radius 1 is 1.38 bits per heavy atom. The quantitative estimate of drug-likeness (QED) is 0.901. The van der Waals surface area contributed by atoms with Crippen LogP contribution >= 0.6 is 0 Å². The van der Waals surface area contributed by atoms with Crippen LogP contribution in [0.25, 0.3) is 0 Å². The molecule has 3 rings (SSSR count). The average molecular weight is 287 g/mol. The van der Waals surface area contributed by atoms with E-state index in [1.54, 1.807) is 0 Å². The van der Waals surface area contributed by atoms with Crippen LogP contribution in [0.2, 0.25) is 0 Å². The maximum Gasteiger partial charge on any atom is 0.227 e. The number of likely N-dealkylation sites (tertiary alicyclic amines) is 1. The highest BCUT2D eigenvalue weighted by Crippen LogP contribution is 2.26. The summed E-state index contributed by atoms with van der Waals surface area (Å²) in [5.74, 6) is 0.356. The van der Waals surface area contributed by atoms with Gasteiger partial charge in [-0.15, -0.1) is 0 Å². The van der Waals surface area contributed by atoms with Crippen LogP contribution in [0.15, 0.2) is 24.3 Å². The van der Waals surface area contributed by atoms with Gasteiger partial charge in [0.1, 0.15) is 0 Å². The van der Waals surface area contributed by atoms with E-state index in [-0.39, 0.29) is 11.8 Å². The minimum Gasteiger partial charge on any atom is -0.384 e. The second-order valence-electron chi connectivity index (χ2n) is 6.45. The molecule has 1 fully saturated rings. The summed E-state index contributed by atoms with van der Waals surface area (Å²) in [5.41, 5.74) is 2.44. The molecule has 1 aromatic carbocycles. The number of fused-ring (bicyclic) bond motifs is 1. The Balaban J connectivity index is 1.66. The Hall–Kier alpha value is -1.55. The zero-order valence-electron chi connectivity index (χ0n) is 13.0. The molecule has 4 nitrogen and oxygen atoms in total. The van der Waals surface area contributed by atoms with Crippen molar-refractivity contribution in [2.75, 3.05) is 39.0 Å². The first-order valence-corrected chi connectivity index (χ1v) is 7.92. The van der Waals surface area contributed by atoms with E-state index in [0.29, 0.717) is 6.04 Å². The fourth-order valence-electron chi connectivity index (χ4n) is 3.54. The van der Waals surface area contributed by atoms with Gasteiger partial charge in [-0.25, -0.2) is 0 Å². The lowest BCUT2D eigenvalue weighted by Crippen LogP contribution is -2.50. The minimum absolute atomic E-state index is 0.0668. The van der Waals surface area contributed by atoms with Crippen LogP contribution in [-0.4, -0.2) is 55.5 Å². The molecule has 0 bridgehead atoms. The smallest absolute Gasteiger partial charge is 0.227 e. The molecular weight excluding hydrogens is 262 g/mol. The number of amides is 1. The third kappa shape index (κ3) is 3.05. The Morgan fingerprint density at radius 3 is 3.00 bits per heavy atom. The highest BCUT2D eigenvalue weighted by atomic mass is 16.2. The lowest BCUT2D eigenvalue weighted by Gasteiger charge is -2.38. The Morgan fingerprint density at radius 2 is 2.19 bits per heavy atom. The van der Waals surface area contributed by atoms with Crippen molar-refractivity contribution in [3.05, 3.63) is 29.8 Å². The SMILES string of the molecule is CN1CCCC(N(C)C(=O)C2CNc3ccccc3C2)C1. The van der Waals surface area contributed by atoms with Crippen molar-refractivity contribution >= 4 is 11.6 Å². The van der Waals surface area contributed by atoms with Gasteiger partial charge in [-0.2, -0.15) is 0 Å². The van der Waals surface area contributed by atoms with Gasteiger partial charge in [-0.3, -0.25) is 4.79 Å². The average Bonchev–Trinajstić information content (AvgIpc) is 2.53. The summed E-state index contributed by atoms with van der Waals surface area (Å²) in [6.07, 6.45) is 3.17. The van der Waals surface area contributed by atoms with E-state index in [1.807, 2.05) is 24.1 Å². The van der Waals surface area contributed by atoms with Gasteiger partial charge in [-0.1, -0.05) is 18.2 Å². The Bertz CT molecular complexity index is 517. The van der Waals surface area contributed by atoms with Gasteiger partial charge < -0.3 is 15.1 Å². The van der Waals surface area contributed by atoms with Crippen LogP contribution in [0.3, 0.4) is 0 Å². The molecule has 1 amide bonds. The molecule has 1 aromatic rings. The van der Waals surface area contributed by atoms with Crippen molar-refractivity contribution in [1.29, 1.82) is 0 Å². The van der Waals surface area contributed by atoms with E-state index in [1.165, 1.54) is 17.7 Å². The van der Waals surface area contributed by atoms with Crippen LogP contribution in [-0.2, 0) is 11.2 Å². The van der Waals surface area contributed by atoms with Crippen LogP contribution in [0.5, 0.6) is 0 Å². The topological polar surface area (TPSA) is 35.6 Å². The van der Waals surface area contributed by atoms with E-state index in [0.717, 1.165) is 32.5 Å². The third-order valence-corrected chi connectivity index (χ3v) is 4.87. The molecule has 0 aromatic heterocycles. The summed E-state index contributed by atoms with van der Waals surface area (Å²) in [6.45, 7) is 2.90. The van der Waals surface area contributed by atoms with Crippen LogP contribution in [0, 0.1) is 5.92 Å². The molecule has 2 heterocycles. The molecule has 2 atom stereocenters. The second-order valence-corrected chi connectivity index (χ2v) is 6.45. The number of nitrogens with zero attached hydrogens (tertiary/aromatic N) is 2. The number of nitrogens with one attached hydrogen (secondary N) is 1. The second kappa shape index (κ2) is 6.06. The van der Waals surface area contributed by atoms with E-state index in [2.05, 4.69) is 29.4 Å². The molecular formula is C17H25N3O. The zero-order valence-corrected chi connectivity index (χ0v) is 13.0. The molecule has 4 heteroatoms. The van der Waals surface area contributed by atoms with Crippen LogP contribution in [0.1, 0.15) is 18.4 Å². The number of carbonyl (C=O) groups excluding carboxylic acids is 1. The highest BCUT2D eigenvalue weighted by molar-refractivity contribution is 5.81. The largest absolute Gasteiger partial charge is 0.384 e. The molecule has 0 spiro atoms. The minimum atomic E-state index is 0.0668. The van der Waals surface area contributed by atoms with E-state index in [4.69, 9.17) is 0 Å². The number of benzene rings is 1. The van der Waals surface area contributed by atoms with Crippen molar-refractivity contribution < 1.29 is 4.79 Å². The molecule has 0 radical (unpaired) electrons.